The van der Waals surface area contributed by atoms with Crippen molar-refractivity contribution in [2.24, 2.45) is 5.16 Å². The molecule has 0 radical (unpaired) electrons. The van der Waals surface area contributed by atoms with Gasteiger partial charge in [0.25, 0.3) is 0 Å². The van der Waals surface area contributed by atoms with Crippen LogP contribution in [0, 0.1) is 0 Å². The number of rotatable bonds is 3. The van der Waals surface area contributed by atoms with Gasteiger partial charge in [0.1, 0.15) is 0 Å². The van der Waals surface area contributed by atoms with Crippen molar-refractivity contribution >= 4 is 23.8 Å². The molecule has 0 bridgehead atoms. The maximum atomic E-state index is 10.7. The van der Waals surface area contributed by atoms with E-state index in [0.717, 1.165) is 5.56 Å². The van der Waals surface area contributed by atoms with Crippen molar-refractivity contribution in [3.8, 4) is 0 Å². The normalized spacial score (nSPS) is 10.4. The Morgan fingerprint density at radius 3 is 2.93 bits per heavy atom. The van der Waals surface area contributed by atoms with E-state index in [9.17, 15) is 4.79 Å². The van der Waals surface area contributed by atoms with Crippen LogP contribution in [0.15, 0.2) is 29.4 Å². The zero-order valence-electron chi connectivity index (χ0n) is 7.74. The van der Waals surface area contributed by atoms with Gasteiger partial charge >= 0.3 is 5.97 Å². The summed E-state index contributed by atoms with van der Waals surface area (Å²) in [6.45, 7) is 1.70. The molecule has 0 atom stereocenters. The number of carbonyl (C=O) groups is 1. The van der Waals surface area contributed by atoms with Crippen LogP contribution in [0.25, 0.3) is 0 Å². The van der Waals surface area contributed by atoms with Gasteiger partial charge in [-0.05, 0) is 6.07 Å². The van der Waals surface area contributed by atoms with Gasteiger partial charge in [-0.25, -0.2) is 4.79 Å². The Labute approximate surface area is 87.3 Å². The van der Waals surface area contributed by atoms with E-state index in [1.807, 2.05) is 12.1 Å². The summed E-state index contributed by atoms with van der Waals surface area (Å²) in [4.78, 5) is 15.2. The Hall–Kier alpha value is -1.35. The molecule has 4 heteroatoms. The van der Waals surface area contributed by atoms with E-state index in [0.29, 0.717) is 11.4 Å². The highest BCUT2D eigenvalue weighted by Crippen LogP contribution is 2.12. The maximum Gasteiger partial charge on any atom is 0.334 e. The van der Waals surface area contributed by atoms with Gasteiger partial charge in [0.05, 0.1) is 6.21 Å². The summed E-state index contributed by atoms with van der Waals surface area (Å²) >= 11 is 5.84. The monoisotopic (exact) mass is 211 g/mol. The topological polar surface area (TPSA) is 38.7 Å². The minimum Gasteiger partial charge on any atom is -0.318 e. The number of nitrogens with zero attached hydrogens (tertiary/aromatic N) is 1. The first-order valence-electron chi connectivity index (χ1n) is 4.21. The Bertz CT molecular complexity index is 350. The molecule has 0 unspecified atom stereocenters. The van der Waals surface area contributed by atoms with Crippen LogP contribution in [0.2, 0.25) is 5.02 Å². The molecular formula is C10H10ClNO2. The standard InChI is InChI=1S/C10H10ClNO2/c1-2-10(13)14-12-7-8-5-3-4-6-9(8)11/h3-7H,2H2,1H3. The summed E-state index contributed by atoms with van der Waals surface area (Å²) < 4.78 is 0. The predicted octanol–water partition coefficient (Wildman–Crippen LogP) is 2.63. The first-order chi connectivity index (χ1) is 6.74. The molecule has 0 amide bonds. The molecule has 14 heavy (non-hydrogen) atoms. The molecule has 0 aliphatic carbocycles. The van der Waals surface area contributed by atoms with E-state index >= 15 is 0 Å². The molecule has 0 aliphatic rings. The zero-order valence-corrected chi connectivity index (χ0v) is 8.49. The van der Waals surface area contributed by atoms with Gasteiger partial charge < -0.3 is 4.84 Å². The highest BCUT2D eigenvalue weighted by Gasteiger charge is 1.97. The highest BCUT2D eigenvalue weighted by molar-refractivity contribution is 6.33. The number of hydrogen-bond acceptors (Lipinski definition) is 3. The molecule has 0 heterocycles. The largest absolute Gasteiger partial charge is 0.334 e. The lowest BCUT2D eigenvalue weighted by Crippen LogP contribution is -1.96. The molecule has 1 rings (SSSR count). The second kappa shape index (κ2) is 5.40. The summed E-state index contributed by atoms with van der Waals surface area (Å²) in [5.74, 6) is -0.367. The van der Waals surface area contributed by atoms with E-state index < -0.39 is 0 Å². The Balaban J connectivity index is 2.60. The predicted molar refractivity (Wildman–Crippen MR) is 55.4 cm³/mol. The molecule has 0 aromatic heterocycles. The van der Waals surface area contributed by atoms with Gasteiger partial charge in [0, 0.05) is 17.0 Å². The van der Waals surface area contributed by atoms with Crippen molar-refractivity contribution in [1.29, 1.82) is 0 Å². The summed E-state index contributed by atoms with van der Waals surface area (Å²) in [6, 6.07) is 7.17. The summed E-state index contributed by atoms with van der Waals surface area (Å²) in [5, 5.41) is 4.09. The van der Waals surface area contributed by atoms with Gasteiger partial charge in [-0.1, -0.05) is 41.9 Å². The number of benzene rings is 1. The second-order valence-corrected chi connectivity index (χ2v) is 2.98. The van der Waals surface area contributed by atoms with Crippen LogP contribution in [-0.4, -0.2) is 12.2 Å². The third-order valence-corrected chi connectivity index (χ3v) is 1.88. The zero-order chi connectivity index (χ0) is 10.4. The molecule has 3 nitrogen and oxygen atoms in total. The molecule has 0 saturated carbocycles. The van der Waals surface area contributed by atoms with Gasteiger partial charge in [-0.3, -0.25) is 0 Å². The average Bonchev–Trinajstić information content (AvgIpc) is 2.20. The molecule has 74 valence electrons. The molecule has 0 N–H and O–H groups in total. The van der Waals surface area contributed by atoms with E-state index in [1.54, 1.807) is 19.1 Å². The van der Waals surface area contributed by atoms with Crippen LogP contribution < -0.4 is 0 Å². The first kappa shape index (κ1) is 10.7. The van der Waals surface area contributed by atoms with E-state index in [-0.39, 0.29) is 5.97 Å². The lowest BCUT2D eigenvalue weighted by atomic mass is 10.2. The van der Waals surface area contributed by atoms with Crippen molar-refractivity contribution in [2.75, 3.05) is 0 Å². The van der Waals surface area contributed by atoms with E-state index in [4.69, 9.17) is 11.6 Å². The summed E-state index contributed by atoms with van der Waals surface area (Å²) in [5.41, 5.74) is 0.720. The van der Waals surface area contributed by atoms with Crippen molar-refractivity contribution in [3.05, 3.63) is 34.9 Å². The molecule has 1 aromatic rings. The molecule has 1 aromatic carbocycles. The van der Waals surface area contributed by atoms with Gasteiger partial charge in [-0.2, -0.15) is 0 Å². The minimum absolute atomic E-state index is 0.305. The van der Waals surface area contributed by atoms with Gasteiger partial charge in [-0.15, -0.1) is 0 Å². The molecule has 0 aliphatic heterocycles. The van der Waals surface area contributed by atoms with Crippen LogP contribution in [0.4, 0.5) is 0 Å². The molecule has 0 spiro atoms. The van der Waals surface area contributed by atoms with Crippen molar-refractivity contribution in [3.63, 3.8) is 0 Å². The van der Waals surface area contributed by atoms with Crippen LogP contribution in [-0.2, 0) is 9.63 Å². The fourth-order valence-corrected chi connectivity index (χ4v) is 0.971. The number of halogens is 1. The quantitative estimate of drug-likeness (QED) is 0.438. The second-order valence-electron chi connectivity index (χ2n) is 2.57. The third kappa shape index (κ3) is 3.18. The molecule has 0 fully saturated rings. The molecule has 0 saturated heterocycles. The average molecular weight is 212 g/mol. The smallest absolute Gasteiger partial charge is 0.318 e. The summed E-state index contributed by atoms with van der Waals surface area (Å²) in [6.07, 6.45) is 1.72. The fraction of sp³-hybridized carbons (Fsp3) is 0.200. The highest BCUT2D eigenvalue weighted by atomic mass is 35.5. The van der Waals surface area contributed by atoms with Crippen molar-refractivity contribution < 1.29 is 9.63 Å². The van der Waals surface area contributed by atoms with E-state index in [2.05, 4.69) is 9.99 Å². The Morgan fingerprint density at radius 1 is 1.57 bits per heavy atom. The first-order valence-corrected chi connectivity index (χ1v) is 4.59. The fourth-order valence-electron chi connectivity index (χ4n) is 0.786. The third-order valence-electron chi connectivity index (χ3n) is 1.54. The number of hydrogen-bond donors (Lipinski definition) is 0. The summed E-state index contributed by atoms with van der Waals surface area (Å²) in [7, 11) is 0. The van der Waals surface area contributed by atoms with E-state index in [1.165, 1.54) is 6.21 Å². The SMILES string of the molecule is CCC(=O)ON=Cc1ccccc1Cl. The van der Waals surface area contributed by atoms with Gasteiger partial charge in [0.2, 0.25) is 0 Å². The van der Waals surface area contributed by atoms with Crippen LogP contribution >= 0.6 is 11.6 Å². The van der Waals surface area contributed by atoms with Crippen molar-refractivity contribution in [2.45, 2.75) is 13.3 Å². The number of carbonyl (C=O) groups excluding carboxylic acids is 1. The lowest BCUT2D eigenvalue weighted by molar-refractivity contribution is -0.143. The Morgan fingerprint density at radius 2 is 2.29 bits per heavy atom. The maximum absolute atomic E-state index is 10.7. The van der Waals surface area contributed by atoms with Crippen LogP contribution in [0.3, 0.4) is 0 Å². The Kier molecular flexibility index (Phi) is 4.13. The van der Waals surface area contributed by atoms with Gasteiger partial charge in [0.15, 0.2) is 0 Å². The number of oxime groups is 1. The van der Waals surface area contributed by atoms with Crippen LogP contribution in [0.1, 0.15) is 18.9 Å². The molecular weight excluding hydrogens is 202 g/mol. The lowest BCUT2D eigenvalue weighted by Gasteiger charge is -1.95. The minimum atomic E-state index is -0.367. The van der Waals surface area contributed by atoms with Crippen LogP contribution in [0.5, 0.6) is 0 Å². The van der Waals surface area contributed by atoms with Crippen molar-refractivity contribution in [1.82, 2.24) is 0 Å².